The Kier molecular flexibility index (Phi) is 5.03. The Hall–Kier alpha value is -0.390. The van der Waals surface area contributed by atoms with Crippen LogP contribution in [0.3, 0.4) is 0 Å². The van der Waals surface area contributed by atoms with Crippen LogP contribution in [-0.2, 0) is 0 Å². The molecule has 1 aromatic heterocycles. The van der Waals surface area contributed by atoms with E-state index in [4.69, 9.17) is 0 Å². The molecule has 0 aromatic carbocycles. The summed E-state index contributed by atoms with van der Waals surface area (Å²) in [6.07, 6.45) is 2.15. The standard InChI is InChI=1S/C14H21BrN2OS/c1-10(2)17-7-4-11(5-8-17)16(3)14(18)13-12(15)6-9-19-13/h6,9-11H,4-5,7-8H2,1-3H3. The van der Waals surface area contributed by atoms with Crippen LogP contribution in [0.2, 0.25) is 0 Å². The number of halogens is 1. The number of nitrogens with zero attached hydrogens (tertiary/aromatic N) is 2. The van der Waals surface area contributed by atoms with Crippen molar-refractivity contribution in [3.63, 3.8) is 0 Å². The highest BCUT2D eigenvalue weighted by molar-refractivity contribution is 9.10. The van der Waals surface area contributed by atoms with Crippen LogP contribution in [0.25, 0.3) is 0 Å². The fraction of sp³-hybridized carbons (Fsp3) is 0.643. The lowest BCUT2D eigenvalue weighted by Crippen LogP contribution is -2.47. The SMILES string of the molecule is CC(C)N1CCC(N(C)C(=O)c2sccc2Br)CC1. The van der Waals surface area contributed by atoms with Crippen molar-refractivity contribution in [1.29, 1.82) is 0 Å². The largest absolute Gasteiger partial charge is 0.338 e. The van der Waals surface area contributed by atoms with Gasteiger partial charge in [0.25, 0.3) is 5.91 Å². The average molecular weight is 345 g/mol. The van der Waals surface area contributed by atoms with Gasteiger partial charge in [-0.05, 0) is 54.1 Å². The van der Waals surface area contributed by atoms with Gasteiger partial charge in [0.15, 0.2) is 0 Å². The summed E-state index contributed by atoms with van der Waals surface area (Å²) in [7, 11) is 1.93. The van der Waals surface area contributed by atoms with Crippen molar-refractivity contribution in [2.75, 3.05) is 20.1 Å². The van der Waals surface area contributed by atoms with Crippen molar-refractivity contribution in [3.8, 4) is 0 Å². The molecule has 19 heavy (non-hydrogen) atoms. The van der Waals surface area contributed by atoms with Gasteiger partial charge >= 0.3 is 0 Å². The van der Waals surface area contributed by atoms with E-state index in [2.05, 4.69) is 34.7 Å². The number of rotatable bonds is 3. The lowest BCUT2D eigenvalue weighted by Gasteiger charge is -2.38. The summed E-state index contributed by atoms with van der Waals surface area (Å²) in [5, 5.41) is 1.95. The van der Waals surface area contributed by atoms with Crippen molar-refractivity contribution >= 4 is 33.2 Å². The van der Waals surface area contributed by atoms with Crippen molar-refractivity contribution in [3.05, 3.63) is 20.8 Å². The number of likely N-dealkylation sites (tertiary alicyclic amines) is 1. The highest BCUT2D eigenvalue weighted by atomic mass is 79.9. The van der Waals surface area contributed by atoms with Crippen LogP contribution < -0.4 is 0 Å². The average Bonchev–Trinajstić information content (AvgIpc) is 2.83. The fourth-order valence-corrected chi connectivity index (χ4v) is 4.08. The highest BCUT2D eigenvalue weighted by Gasteiger charge is 2.27. The van der Waals surface area contributed by atoms with Crippen LogP contribution in [0.4, 0.5) is 0 Å². The predicted octanol–water partition coefficient (Wildman–Crippen LogP) is 3.46. The molecular formula is C14H21BrN2OS. The summed E-state index contributed by atoms with van der Waals surface area (Å²) in [5.74, 6) is 0.143. The molecular weight excluding hydrogens is 324 g/mol. The third kappa shape index (κ3) is 3.38. The smallest absolute Gasteiger partial charge is 0.265 e. The molecule has 5 heteroatoms. The topological polar surface area (TPSA) is 23.6 Å². The number of piperidine rings is 1. The molecule has 0 aliphatic carbocycles. The van der Waals surface area contributed by atoms with Gasteiger partial charge < -0.3 is 9.80 Å². The first-order chi connectivity index (χ1) is 9.00. The number of hydrogen-bond donors (Lipinski definition) is 0. The lowest BCUT2D eigenvalue weighted by molar-refractivity contribution is 0.0619. The van der Waals surface area contributed by atoms with E-state index in [1.165, 1.54) is 11.3 Å². The van der Waals surface area contributed by atoms with E-state index >= 15 is 0 Å². The molecule has 2 rings (SSSR count). The van der Waals surface area contributed by atoms with Gasteiger partial charge in [-0.15, -0.1) is 11.3 Å². The number of hydrogen-bond acceptors (Lipinski definition) is 3. The molecule has 1 saturated heterocycles. The van der Waals surface area contributed by atoms with Gasteiger partial charge in [-0.1, -0.05) is 0 Å². The monoisotopic (exact) mass is 344 g/mol. The number of carbonyl (C=O) groups excluding carboxylic acids is 1. The van der Waals surface area contributed by atoms with E-state index in [-0.39, 0.29) is 5.91 Å². The molecule has 0 radical (unpaired) electrons. The minimum absolute atomic E-state index is 0.143. The normalized spacial score (nSPS) is 17.9. The van der Waals surface area contributed by atoms with Gasteiger partial charge in [0, 0.05) is 36.7 Å². The summed E-state index contributed by atoms with van der Waals surface area (Å²) in [6.45, 7) is 6.65. The second kappa shape index (κ2) is 6.37. The first-order valence-corrected chi connectivity index (χ1v) is 8.42. The summed E-state index contributed by atoms with van der Waals surface area (Å²) < 4.78 is 0.911. The second-order valence-electron chi connectivity index (χ2n) is 5.37. The van der Waals surface area contributed by atoms with Gasteiger partial charge in [0.2, 0.25) is 0 Å². The zero-order valence-electron chi connectivity index (χ0n) is 11.7. The maximum atomic E-state index is 12.4. The molecule has 1 aromatic rings. The van der Waals surface area contributed by atoms with Gasteiger partial charge in [-0.2, -0.15) is 0 Å². The minimum Gasteiger partial charge on any atom is -0.338 e. The molecule has 0 spiro atoms. The summed E-state index contributed by atoms with van der Waals surface area (Å²) in [4.78, 5) is 17.7. The fourth-order valence-electron chi connectivity index (χ4n) is 2.56. The van der Waals surface area contributed by atoms with E-state index in [1.807, 2.05) is 23.4 Å². The van der Waals surface area contributed by atoms with Crippen molar-refractivity contribution in [2.24, 2.45) is 0 Å². The van der Waals surface area contributed by atoms with Crippen molar-refractivity contribution in [1.82, 2.24) is 9.80 Å². The van der Waals surface area contributed by atoms with E-state index in [0.717, 1.165) is 35.3 Å². The second-order valence-corrected chi connectivity index (χ2v) is 7.15. The van der Waals surface area contributed by atoms with Crippen LogP contribution >= 0.6 is 27.3 Å². The van der Waals surface area contributed by atoms with E-state index in [9.17, 15) is 4.79 Å². The Morgan fingerprint density at radius 1 is 1.47 bits per heavy atom. The minimum atomic E-state index is 0.143. The van der Waals surface area contributed by atoms with Crippen LogP contribution in [0.5, 0.6) is 0 Å². The van der Waals surface area contributed by atoms with Gasteiger partial charge in [-0.25, -0.2) is 0 Å². The highest BCUT2D eigenvalue weighted by Crippen LogP contribution is 2.26. The molecule has 1 fully saturated rings. The van der Waals surface area contributed by atoms with E-state index in [0.29, 0.717) is 12.1 Å². The first kappa shape index (κ1) is 15.0. The molecule has 0 atom stereocenters. The summed E-state index contributed by atoms with van der Waals surface area (Å²) >= 11 is 4.95. The molecule has 106 valence electrons. The third-order valence-corrected chi connectivity index (χ3v) is 5.73. The zero-order chi connectivity index (χ0) is 14.0. The molecule has 3 nitrogen and oxygen atoms in total. The molecule has 2 heterocycles. The van der Waals surface area contributed by atoms with Crippen LogP contribution in [0.15, 0.2) is 15.9 Å². The molecule has 1 amide bonds. The quantitative estimate of drug-likeness (QED) is 0.838. The number of carbonyl (C=O) groups is 1. The molecule has 0 saturated carbocycles. The Bertz CT molecular complexity index is 438. The van der Waals surface area contributed by atoms with Crippen LogP contribution in [0.1, 0.15) is 36.4 Å². The van der Waals surface area contributed by atoms with Gasteiger partial charge in [0.1, 0.15) is 4.88 Å². The van der Waals surface area contributed by atoms with Gasteiger partial charge in [-0.3, -0.25) is 4.79 Å². The maximum absolute atomic E-state index is 12.4. The molecule has 0 N–H and O–H groups in total. The van der Waals surface area contributed by atoms with E-state index in [1.54, 1.807) is 0 Å². The molecule has 1 aliphatic rings. The van der Waals surface area contributed by atoms with Crippen LogP contribution in [-0.4, -0.2) is 47.9 Å². The predicted molar refractivity (Wildman–Crippen MR) is 83.8 cm³/mol. The molecule has 0 bridgehead atoms. The summed E-state index contributed by atoms with van der Waals surface area (Å²) in [5.41, 5.74) is 0. The number of amides is 1. The summed E-state index contributed by atoms with van der Waals surface area (Å²) in [6, 6.07) is 2.91. The lowest BCUT2D eigenvalue weighted by atomic mass is 10.0. The van der Waals surface area contributed by atoms with Crippen LogP contribution in [0, 0.1) is 0 Å². The molecule has 0 unspecified atom stereocenters. The Morgan fingerprint density at radius 3 is 2.58 bits per heavy atom. The number of thiophene rings is 1. The Morgan fingerprint density at radius 2 is 2.11 bits per heavy atom. The first-order valence-electron chi connectivity index (χ1n) is 6.75. The van der Waals surface area contributed by atoms with Gasteiger partial charge in [0.05, 0.1) is 0 Å². The Balaban J connectivity index is 1.96. The molecule has 1 aliphatic heterocycles. The Labute approximate surface area is 127 Å². The van der Waals surface area contributed by atoms with Crippen molar-refractivity contribution < 1.29 is 4.79 Å². The van der Waals surface area contributed by atoms with Crippen molar-refractivity contribution in [2.45, 2.75) is 38.8 Å². The third-order valence-electron chi connectivity index (χ3n) is 3.91. The zero-order valence-corrected chi connectivity index (χ0v) is 14.1. The maximum Gasteiger partial charge on any atom is 0.265 e. The van der Waals surface area contributed by atoms with E-state index < -0.39 is 0 Å².